The molecule has 0 aliphatic carbocycles. The van der Waals surface area contributed by atoms with Crippen LogP contribution in [-0.4, -0.2) is 50.9 Å². The van der Waals surface area contributed by atoms with Gasteiger partial charge < -0.3 is 14.8 Å². The number of nitrogens with zero attached hydrogens (tertiary/aromatic N) is 1. The molecule has 1 aliphatic rings. The zero-order chi connectivity index (χ0) is 14.2. The highest BCUT2D eigenvalue weighted by Gasteiger charge is 2.19. The van der Waals surface area contributed by atoms with E-state index in [1.165, 1.54) is 5.56 Å². The first kappa shape index (κ1) is 15.3. The largest absolute Gasteiger partial charge is 0.494 e. The standard InChI is InChI=1S/C16H26N2O2/c1-3-8-19-15-6-4-5-14(10-15)12-18-7-9-20-16(13-18)11-17-2/h4-6,10,16-17H,3,7-9,11-13H2,1-2H3. The maximum absolute atomic E-state index is 5.73. The van der Waals surface area contributed by atoms with Gasteiger partial charge in [0.05, 0.1) is 19.3 Å². The second-order valence-electron chi connectivity index (χ2n) is 5.28. The summed E-state index contributed by atoms with van der Waals surface area (Å²) in [6, 6.07) is 8.42. The molecule has 112 valence electrons. The van der Waals surface area contributed by atoms with E-state index in [0.29, 0.717) is 6.10 Å². The van der Waals surface area contributed by atoms with Gasteiger partial charge in [0.25, 0.3) is 0 Å². The van der Waals surface area contributed by atoms with Crippen molar-refractivity contribution < 1.29 is 9.47 Å². The van der Waals surface area contributed by atoms with E-state index in [-0.39, 0.29) is 0 Å². The van der Waals surface area contributed by atoms with Crippen molar-refractivity contribution in [3.8, 4) is 5.75 Å². The summed E-state index contributed by atoms with van der Waals surface area (Å²) in [4.78, 5) is 2.45. The van der Waals surface area contributed by atoms with E-state index in [1.54, 1.807) is 0 Å². The van der Waals surface area contributed by atoms with Crippen LogP contribution in [0.3, 0.4) is 0 Å². The molecule has 2 rings (SSSR count). The van der Waals surface area contributed by atoms with Crippen molar-refractivity contribution >= 4 is 0 Å². The fourth-order valence-electron chi connectivity index (χ4n) is 2.49. The van der Waals surface area contributed by atoms with E-state index in [9.17, 15) is 0 Å². The molecule has 1 atom stereocenters. The molecular weight excluding hydrogens is 252 g/mol. The molecule has 1 aliphatic heterocycles. The lowest BCUT2D eigenvalue weighted by Crippen LogP contribution is -2.45. The molecule has 1 aromatic carbocycles. The van der Waals surface area contributed by atoms with Crippen LogP contribution in [-0.2, 0) is 11.3 Å². The Morgan fingerprint density at radius 2 is 2.35 bits per heavy atom. The maximum Gasteiger partial charge on any atom is 0.119 e. The van der Waals surface area contributed by atoms with Gasteiger partial charge in [-0.15, -0.1) is 0 Å². The molecule has 1 unspecified atom stereocenters. The van der Waals surface area contributed by atoms with Crippen LogP contribution < -0.4 is 10.1 Å². The summed E-state index contributed by atoms with van der Waals surface area (Å²) >= 11 is 0. The molecule has 1 heterocycles. The van der Waals surface area contributed by atoms with Crippen LogP contribution >= 0.6 is 0 Å². The highest BCUT2D eigenvalue weighted by molar-refractivity contribution is 5.28. The molecular formula is C16H26N2O2. The first-order valence-corrected chi connectivity index (χ1v) is 7.52. The second kappa shape index (κ2) is 8.25. The smallest absolute Gasteiger partial charge is 0.119 e. The summed E-state index contributed by atoms with van der Waals surface area (Å²) in [5, 5.41) is 3.18. The van der Waals surface area contributed by atoms with Crippen molar-refractivity contribution in [2.45, 2.75) is 26.0 Å². The van der Waals surface area contributed by atoms with Crippen LogP contribution in [0, 0.1) is 0 Å². The zero-order valence-corrected chi connectivity index (χ0v) is 12.6. The van der Waals surface area contributed by atoms with E-state index in [4.69, 9.17) is 9.47 Å². The number of nitrogens with one attached hydrogen (secondary N) is 1. The van der Waals surface area contributed by atoms with Crippen molar-refractivity contribution in [3.63, 3.8) is 0 Å². The van der Waals surface area contributed by atoms with Gasteiger partial charge in [-0.2, -0.15) is 0 Å². The molecule has 0 radical (unpaired) electrons. The molecule has 4 nitrogen and oxygen atoms in total. The Hall–Kier alpha value is -1.10. The van der Waals surface area contributed by atoms with Gasteiger partial charge in [0.2, 0.25) is 0 Å². The number of ether oxygens (including phenoxy) is 2. The molecule has 0 spiro atoms. The second-order valence-corrected chi connectivity index (χ2v) is 5.28. The van der Waals surface area contributed by atoms with Crippen molar-refractivity contribution in [2.24, 2.45) is 0 Å². The highest BCUT2D eigenvalue weighted by Crippen LogP contribution is 2.16. The molecule has 1 saturated heterocycles. The minimum Gasteiger partial charge on any atom is -0.494 e. The van der Waals surface area contributed by atoms with Crippen molar-refractivity contribution in [3.05, 3.63) is 29.8 Å². The van der Waals surface area contributed by atoms with E-state index in [1.807, 2.05) is 13.1 Å². The van der Waals surface area contributed by atoms with Gasteiger partial charge in [0, 0.05) is 26.2 Å². The van der Waals surface area contributed by atoms with Crippen LogP contribution in [0.1, 0.15) is 18.9 Å². The predicted octanol–water partition coefficient (Wildman–Crippen LogP) is 1.90. The van der Waals surface area contributed by atoms with Gasteiger partial charge in [-0.05, 0) is 31.2 Å². The maximum atomic E-state index is 5.73. The SMILES string of the molecule is CCCOc1cccc(CN2CCOC(CNC)C2)c1. The van der Waals surface area contributed by atoms with E-state index >= 15 is 0 Å². The third kappa shape index (κ3) is 4.78. The number of benzene rings is 1. The number of hydrogen-bond donors (Lipinski definition) is 1. The summed E-state index contributed by atoms with van der Waals surface area (Å²) in [6.07, 6.45) is 1.34. The van der Waals surface area contributed by atoms with Crippen molar-refractivity contribution in [1.29, 1.82) is 0 Å². The lowest BCUT2D eigenvalue weighted by atomic mass is 10.1. The van der Waals surface area contributed by atoms with Gasteiger partial charge in [-0.1, -0.05) is 19.1 Å². The summed E-state index contributed by atoms with van der Waals surface area (Å²) in [6.45, 7) is 7.59. The molecule has 1 N–H and O–H groups in total. The minimum atomic E-state index is 0.299. The Kier molecular flexibility index (Phi) is 6.30. The minimum absolute atomic E-state index is 0.299. The molecule has 20 heavy (non-hydrogen) atoms. The normalized spacial score (nSPS) is 20.0. The fourth-order valence-corrected chi connectivity index (χ4v) is 2.49. The topological polar surface area (TPSA) is 33.7 Å². The molecule has 0 aromatic heterocycles. The van der Waals surface area contributed by atoms with Gasteiger partial charge in [0.1, 0.15) is 5.75 Å². The lowest BCUT2D eigenvalue weighted by Gasteiger charge is -2.32. The summed E-state index contributed by atoms with van der Waals surface area (Å²) < 4.78 is 11.4. The van der Waals surface area contributed by atoms with Crippen molar-refractivity contribution in [1.82, 2.24) is 10.2 Å². The number of rotatable bonds is 7. The lowest BCUT2D eigenvalue weighted by molar-refractivity contribution is -0.0291. The Labute approximate surface area is 122 Å². The van der Waals surface area contributed by atoms with Crippen molar-refractivity contribution in [2.75, 3.05) is 39.9 Å². The molecule has 1 fully saturated rings. The molecule has 0 amide bonds. The summed E-state index contributed by atoms with van der Waals surface area (Å²) in [7, 11) is 1.97. The molecule has 0 bridgehead atoms. The summed E-state index contributed by atoms with van der Waals surface area (Å²) in [5.41, 5.74) is 1.31. The average molecular weight is 278 g/mol. The molecule has 1 aromatic rings. The van der Waals surface area contributed by atoms with Gasteiger partial charge in [-0.3, -0.25) is 4.90 Å². The van der Waals surface area contributed by atoms with E-state index < -0.39 is 0 Å². The van der Waals surface area contributed by atoms with Crippen LogP contribution in [0.25, 0.3) is 0 Å². The number of likely N-dealkylation sites (N-methyl/N-ethyl adjacent to an activating group) is 1. The van der Waals surface area contributed by atoms with Crippen LogP contribution in [0.2, 0.25) is 0 Å². The third-order valence-corrected chi connectivity index (χ3v) is 3.43. The van der Waals surface area contributed by atoms with E-state index in [0.717, 1.165) is 51.6 Å². The van der Waals surface area contributed by atoms with Gasteiger partial charge in [0.15, 0.2) is 0 Å². The monoisotopic (exact) mass is 278 g/mol. The Bertz CT molecular complexity index is 396. The first-order chi connectivity index (χ1) is 9.81. The highest BCUT2D eigenvalue weighted by atomic mass is 16.5. The predicted molar refractivity (Wildman–Crippen MR) is 81.2 cm³/mol. The fraction of sp³-hybridized carbons (Fsp3) is 0.625. The Morgan fingerprint density at radius 3 is 3.15 bits per heavy atom. The van der Waals surface area contributed by atoms with Crippen LogP contribution in [0.5, 0.6) is 5.75 Å². The van der Waals surface area contributed by atoms with Gasteiger partial charge >= 0.3 is 0 Å². The number of morpholine rings is 1. The summed E-state index contributed by atoms with van der Waals surface area (Å²) in [5.74, 6) is 0.976. The Balaban J connectivity index is 1.88. The van der Waals surface area contributed by atoms with E-state index in [2.05, 4.69) is 35.3 Å². The zero-order valence-electron chi connectivity index (χ0n) is 12.6. The molecule has 0 saturated carbocycles. The molecule has 4 heteroatoms. The number of hydrogen-bond acceptors (Lipinski definition) is 4. The quantitative estimate of drug-likeness (QED) is 0.826. The average Bonchev–Trinajstić information content (AvgIpc) is 2.46. The van der Waals surface area contributed by atoms with Gasteiger partial charge in [-0.25, -0.2) is 0 Å². The van der Waals surface area contributed by atoms with Crippen LogP contribution in [0.15, 0.2) is 24.3 Å². The Morgan fingerprint density at radius 1 is 1.45 bits per heavy atom. The first-order valence-electron chi connectivity index (χ1n) is 7.52. The third-order valence-electron chi connectivity index (χ3n) is 3.43. The van der Waals surface area contributed by atoms with Crippen LogP contribution in [0.4, 0.5) is 0 Å².